The Morgan fingerprint density at radius 1 is 1.38 bits per heavy atom. The molecule has 0 saturated carbocycles. The second kappa shape index (κ2) is 6.89. The molecule has 1 aliphatic heterocycles. The number of likely N-dealkylation sites (N-methyl/N-ethyl adjacent to an activating group) is 1. The standard InChI is InChI=1S/C14H19BrN2O3S/c1-2-17(13-7-8-21(19,20)10-13)9-14(18)16-12-5-3-11(15)4-6-12/h3-6,13H,2,7-10H2,1H3,(H,16,18)/t13-/m1/s1. The Labute approximate surface area is 133 Å². The van der Waals surface area contributed by atoms with Crippen LogP contribution in [0.1, 0.15) is 13.3 Å². The van der Waals surface area contributed by atoms with E-state index in [9.17, 15) is 13.2 Å². The number of amides is 1. The van der Waals surface area contributed by atoms with E-state index in [1.807, 2.05) is 36.1 Å². The van der Waals surface area contributed by atoms with Gasteiger partial charge in [0.05, 0.1) is 18.1 Å². The van der Waals surface area contributed by atoms with Crippen molar-refractivity contribution in [3.05, 3.63) is 28.7 Å². The van der Waals surface area contributed by atoms with E-state index in [4.69, 9.17) is 0 Å². The SMILES string of the molecule is CCN(CC(=O)Nc1ccc(Br)cc1)[C@@H]1CCS(=O)(=O)C1. The van der Waals surface area contributed by atoms with Gasteiger partial charge in [0.1, 0.15) is 0 Å². The number of nitrogens with one attached hydrogen (secondary N) is 1. The van der Waals surface area contributed by atoms with Crippen molar-refractivity contribution in [3.63, 3.8) is 0 Å². The average Bonchev–Trinajstić information content (AvgIpc) is 2.79. The average molecular weight is 375 g/mol. The Kier molecular flexibility index (Phi) is 5.40. The molecule has 0 unspecified atom stereocenters. The summed E-state index contributed by atoms with van der Waals surface area (Å²) in [6.07, 6.45) is 0.613. The van der Waals surface area contributed by atoms with Crippen LogP contribution in [-0.4, -0.2) is 49.9 Å². The van der Waals surface area contributed by atoms with Crippen LogP contribution in [0.2, 0.25) is 0 Å². The molecule has 0 bridgehead atoms. The summed E-state index contributed by atoms with van der Waals surface area (Å²) >= 11 is 3.34. The molecule has 7 heteroatoms. The first-order valence-corrected chi connectivity index (χ1v) is 9.51. The van der Waals surface area contributed by atoms with Gasteiger partial charge in [-0.3, -0.25) is 9.69 Å². The number of carbonyl (C=O) groups is 1. The molecule has 1 atom stereocenters. The van der Waals surface area contributed by atoms with E-state index in [-0.39, 0.29) is 30.0 Å². The smallest absolute Gasteiger partial charge is 0.238 e. The molecule has 2 rings (SSSR count). The van der Waals surface area contributed by atoms with Crippen LogP contribution in [0.25, 0.3) is 0 Å². The fourth-order valence-electron chi connectivity index (χ4n) is 2.48. The molecule has 0 spiro atoms. The molecule has 1 aromatic rings. The van der Waals surface area contributed by atoms with Gasteiger partial charge in [0.25, 0.3) is 0 Å². The minimum absolute atomic E-state index is 0.0457. The summed E-state index contributed by atoms with van der Waals surface area (Å²) < 4.78 is 24.0. The number of carbonyl (C=O) groups excluding carboxylic acids is 1. The van der Waals surface area contributed by atoms with Crippen LogP contribution >= 0.6 is 15.9 Å². The summed E-state index contributed by atoms with van der Waals surface area (Å²) in [5, 5.41) is 2.83. The van der Waals surface area contributed by atoms with E-state index in [1.54, 1.807) is 0 Å². The molecule has 5 nitrogen and oxygen atoms in total. The van der Waals surface area contributed by atoms with Crippen LogP contribution in [0, 0.1) is 0 Å². The number of hydrogen-bond donors (Lipinski definition) is 1. The molecule has 1 fully saturated rings. The van der Waals surface area contributed by atoms with Crippen molar-refractivity contribution in [1.82, 2.24) is 4.90 Å². The normalized spacial score (nSPS) is 20.6. The third-order valence-electron chi connectivity index (χ3n) is 3.61. The topological polar surface area (TPSA) is 66.5 Å². The lowest BCUT2D eigenvalue weighted by molar-refractivity contribution is -0.117. The van der Waals surface area contributed by atoms with E-state index in [0.717, 1.165) is 10.2 Å². The number of sulfone groups is 1. The van der Waals surface area contributed by atoms with Crippen LogP contribution in [0.15, 0.2) is 28.7 Å². The Hall–Kier alpha value is -0.920. The van der Waals surface area contributed by atoms with E-state index in [0.29, 0.717) is 13.0 Å². The molecule has 1 heterocycles. The van der Waals surface area contributed by atoms with Crippen LogP contribution < -0.4 is 5.32 Å². The number of halogens is 1. The van der Waals surface area contributed by atoms with Crippen molar-refractivity contribution in [2.75, 3.05) is 29.9 Å². The van der Waals surface area contributed by atoms with Crippen molar-refractivity contribution >= 4 is 37.4 Å². The van der Waals surface area contributed by atoms with E-state index < -0.39 is 9.84 Å². The number of anilines is 1. The number of rotatable bonds is 5. The lowest BCUT2D eigenvalue weighted by Gasteiger charge is -2.25. The predicted molar refractivity (Wildman–Crippen MR) is 87.1 cm³/mol. The van der Waals surface area contributed by atoms with Crippen LogP contribution in [-0.2, 0) is 14.6 Å². The minimum atomic E-state index is -2.93. The van der Waals surface area contributed by atoms with Crippen molar-refractivity contribution in [1.29, 1.82) is 0 Å². The fourth-order valence-corrected chi connectivity index (χ4v) is 4.51. The molecule has 0 aromatic heterocycles. The number of nitrogens with zero attached hydrogens (tertiary/aromatic N) is 1. The van der Waals surface area contributed by atoms with E-state index >= 15 is 0 Å². The number of benzene rings is 1. The van der Waals surface area contributed by atoms with Gasteiger partial charge in [0, 0.05) is 16.2 Å². The zero-order chi connectivity index (χ0) is 15.5. The highest BCUT2D eigenvalue weighted by Gasteiger charge is 2.32. The van der Waals surface area contributed by atoms with Crippen molar-refractivity contribution in [2.45, 2.75) is 19.4 Å². The summed E-state index contributed by atoms with van der Waals surface area (Å²) in [4.78, 5) is 14.0. The summed E-state index contributed by atoms with van der Waals surface area (Å²) in [6.45, 7) is 2.82. The summed E-state index contributed by atoms with van der Waals surface area (Å²) in [5.41, 5.74) is 0.735. The first-order valence-electron chi connectivity index (χ1n) is 6.89. The summed E-state index contributed by atoms with van der Waals surface area (Å²) in [5.74, 6) is 0.262. The summed E-state index contributed by atoms with van der Waals surface area (Å²) in [7, 11) is -2.93. The highest BCUT2D eigenvalue weighted by atomic mass is 79.9. The highest BCUT2D eigenvalue weighted by molar-refractivity contribution is 9.10. The monoisotopic (exact) mass is 374 g/mol. The molecule has 0 aliphatic carbocycles. The van der Waals surface area contributed by atoms with Crippen LogP contribution in [0.5, 0.6) is 0 Å². The van der Waals surface area contributed by atoms with E-state index in [1.165, 1.54) is 0 Å². The van der Waals surface area contributed by atoms with Gasteiger partial charge in [-0.2, -0.15) is 0 Å². The van der Waals surface area contributed by atoms with Gasteiger partial charge in [0.15, 0.2) is 9.84 Å². The number of hydrogen-bond acceptors (Lipinski definition) is 4. The molecule has 1 amide bonds. The van der Waals surface area contributed by atoms with E-state index in [2.05, 4.69) is 21.2 Å². The summed E-state index contributed by atoms with van der Waals surface area (Å²) in [6, 6.07) is 7.31. The van der Waals surface area contributed by atoms with Crippen molar-refractivity contribution < 1.29 is 13.2 Å². The minimum Gasteiger partial charge on any atom is -0.325 e. The predicted octanol–water partition coefficient (Wildman–Crippen LogP) is 1.90. The van der Waals surface area contributed by atoms with Crippen LogP contribution in [0.4, 0.5) is 5.69 Å². The first-order chi connectivity index (χ1) is 9.89. The van der Waals surface area contributed by atoms with Gasteiger partial charge in [-0.1, -0.05) is 22.9 Å². The largest absolute Gasteiger partial charge is 0.325 e. The Morgan fingerprint density at radius 2 is 2.05 bits per heavy atom. The van der Waals surface area contributed by atoms with Gasteiger partial charge < -0.3 is 5.32 Å². The molecular weight excluding hydrogens is 356 g/mol. The zero-order valence-corrected chi connectivity index (χ0v) is 14.3. The van der Waals surface area contributed by atoms with Crippen LogP contribution in [0.3, 0.4) is 0 Å². The molecule has 1 N–H and O–H groups in total. The molecular formula is C14H19BrN2O3S. The second-order valence-corrected chi connectivity index (χ2v) is 8.32. The maximum absolute atomic E-state index is 12.1. The Bertz CT molecular complexity index is 601. The van der Waals surface area contributed by atoms with Crippen molar-refractivity contribution in [3.8, 4) is 0 Å². The molecule has 0 radical (unpaired) electrons. The Balaban J connectivity index is 1.92. The van der Waals surface area contributed by atoms with Gasteiger partial charge >= 0.3 is 0 Å². The fraction of sp³-hybridized carbons (Fsp3) is 0.500. The highest BCUT2D eigenvalue weighted by Crippen LogP contribution is 2.18. The molecule has 1 aromatic carbocycles. The van der Waals surface area contributed by atoms with Crippen molar-refractivity contribution in [2.24, 2.45) is 0 Å². The quantitative estimate of drug-likeness (QED) is 0.854. The maximum atomic E-state index is 12.1. The lowest BCUT2D eigenvalue weighted by Crippen LogP contribution is -2.41. The molecule has 1 aliphatic rings. The maximum Gasteiger partial charge on any atom is 0.238 e. The first kappa shape index (κ1) is 16.5. The van der Waals surface area contributed by atoms with Gasteiger partial charge in [0.2, 0.25) is 5.91 Å². The van der Waals surface area contributed by atoms with Gasteiger partial charge in [-0.25, -0.2) is 8.42 Å². The molecule has 116 valence electrons. The zero-order valence-electron chi connectivity index (χ0n) is 11.9. The second-order valence-electron chi connectivity index (χ2n) is 5.18. The third kappa shape index (κ3) is 4.79. The van der Waals surface area contributed by atoms with Gasteiger partial charge in [-0.05, 0) is 37.2 Å². The third-order valence-corrected chi connectivity index (χ3v) is 5.88. The molecule has 1 saturated heterocycles. The lowest BCUT2D eigenvalue weighted by atomic mass is 10.2. The van der Waals surface area contributed by atoms with Gasteiger partial charge in [-0.15, -0.1) is 0 Å². The Morgan fingerprint density at radius 3 is 2.57 bits per heavy atom. The molecule has 21 heavy (non-hydrogen) atoms.